The highest BCUT2D eigenvalue weighted by molar-refractivity contribution is 5.79. The molecule has 0 unspecified atom stereocenters. The monoisotopic (exact) mass is 310 g/mol. The summed E-state index contributed by atoms with van der Waals surface area (Å²) < 4.78 is 0. The molecule has 2 aliphatic rings. The third kappa shape index (κ3) is 3.97. The van der Waals surface area contributed by atoms with Gasteiger partial charge >= 0.3 is 0 Å². The van der Waals surface area contributed by atoms with Gasteiger partial charge in [0.25, 0.3) is 0 Å². The van der Waals surface area contributed by atoms with Gasteiger partial charge in [0.1, 0.15) is 0 Å². The summed E-state index contributed by atoms with van der Waals surface area (Å²) in [6, 6.07) is 0.351. The Morgan fingerprint density at radius 2 is 1.45 bits per heavy atom. The maximum atomic E-state index is 11.6. The van der Waals surface area contributed by atoms with Crippen molar-refractivity contribution >= 4 is 17.7 Å². The van der Waals surface area contributed by atoms with Gasteiger partial charge in [-0.3, -0.25) is 19.3 Å². The van der Waals surface area contributed by atoms with Gasteiger partial charge in [0.2, 0.25) is 17.7 Å². The van der Waals surface area contributed by atoms with Gasteiger partial charge in [-0.25, -0.2) is 0 Å². The van der Waals surface area contributed by atoms with E-state index in [9.17, 15) is 14.4 Å². The number of carbonyl (C=O) groups excluding carboxylic acids is 3. The van der Waals surface area contributed by atoms with E-state index in [1.807, 2.05) is 4.90 Å². The Bertz CT molecular complexity index is 446. The van der Waals surface area contributed by atoms with E-state index in [1.165, 1.54) is 6.92 Å². The van der Waals surface area contributed by atoms with E-state index in [0.717, 1.165) is 32.5 Å². The maximum absolute atomic E-state index is 11.6. The van der Waals surface area contributed by atoms with Gasteiger partial charge in [-0.15, -0.1) is 0 Å². The summed E-state index contributed by atoms with van der Waals surface area (Å²) >= 11 is 0. The van der Waals surface area contributed by atoms with Crippen LogP contribution in [-0.4, -0.2) is 77.7 Å². The molecule has 0 spiro atoms. The largest absolute Gasteiger partial charge is 0.369 e. The second kappa shape index (κ2) is 7.09. The summed E-state index contributed by atoms with van der Waals surface area (Å²) in [5.74, 6) is -0.567. The summed E-state index contributed by atoms with van der Waals surface area (Å²) in [6.07, 6.45) is 1.82. The van der Waals surface area contributed by atoms with E-state index >= 15 is 0 Å². The van der Waals surface area contributed by atoms with Crippen molar-refractivity contribution in [1.82, 2.24) is 14.7 Å². The van der Waals surface area contributed by atoms with Crippen molar-refractivity contribution in [3.63, 3.8) is 0 Å². The highest BCUT2D eigenvalue weighted by atomic mass is 16.2. The first-order valence-corrected chi connectivity index (χ1v) is 7.93. The molecule has 0 aromatic carbocycles. The summed E-state index contributed by atoms with van der Waals surface area (Å²) in [5, 5.41) is 0. The first-order chi connectivity index (χ1) is 10.4. The molecule has 7 nitrogen and oxygen atoms in total. The lowest BCUT2D eigenvalue weighted by Crippen LogP contribution is -2.48. The molecule has 2 heterocycles. The van der Waals surface area contributed by atoms with Crippen LogP contribution < -0.4 is 5.73 Å². The molecule has 0 aromatic rings. The molecule has 2 rings (SSSR count). The predicted molar refractivity (Wildman–Crippen MR) is 81.8 cm³/mol. The maximum Gasteiger partial charge on any atom is 0.223 e. The number of amides is 3. The quantitative estimate of drug-likeness (QED) is 0.728. The second-order valence-electron chi connectivity index (χ2n) is 6.30. The number of hydrogen-bond acceptors (Lipinski definition) is 4. The Balaban J connectivity index is 2.00. The number of piperidine rings is 1. The number of likely N-dealkylation sites (tertiary alicyclic amines) is 1. The Labute approximate surface area is 131 Å². The minimum atomic E-state index is -0.348. The summed E-state index contributed by atoms with van der Waals surface area (Å²) in [4.78, 5) is 40.5. The van der Waals surface area contributed by atoms with Crippen LogP contribution in [0.3, 0.4) is 0 Å². The van der Waals surface area contributed by atoms with Gasteiger partial charge in [0.05, 0.1) is 5.92 Å². The third-order valence-electron chi connectivity index (χ3n) is 4.83. The lowest BCUT2D eigenvalue weighted by atomic mass is 10.0. The molecule has 2 aliphatic heterocycles. The number of rotatable bonds is 2. The summed E-state index contributed by atoms with van der Waals surface area (Å²) in [5.41, 5.74) is 5.50. The lowest BCUT2D eigenvalue weighted by molar-refractivity contribution is -0.131. The van der Waals surface area contributed by atoms with Crippen molar-refractivity contribution in [1.29, 1.82) is 0 Å². The van der Waals surface area contributed by atoms with Crippen molar-refractivity contribution in [2.75, 3.05) is 39.3 Å². The minimum absolute atomic E-state index is 0.0144. The molecule has 0 radical (unpaired) electrons. The van der Waals surface area contributed by atoms with Crippen LogP contribution in [0.4, 0.5) is 0 Å². The van der Waals surface area contributed by atoms with Gasteiger partial charge < -0.3 is 15.5 Å². The van der Waals surface area contributed by atoms with Crippen LogP contribution in [0.15, 0.2) is 0 Å². The van der Waals surface area contributed by atoms with E-state index in [4.69, 9.17) is 5.73 Å². The Morgan fingerprint density at radius 3 is 1.95 bits per heavy atom. The zero-order valence-electron chi connectivity index (χ0n) is 13.5. The average molecular weight is 310 g/mol. The van der Waals surface area contributed by atoms with Gasteiger partial charge in [-0.2, -0.15) is 0 Å². The first kappa shape index (κ1) is 16.7. The van der Waals surface area contributed by atoms with E-state index in [-0.39, 0.29) is 23.6 Å². The number of nitrogens with two attached hydrogens (primary N) is 1. The summed E-state index contributed by atoms with van der Waals surface area (Å²) in [6.45, 7) is 7.04. The Hall–Kier alpha value is -1.63. The van der Waals surface area contributed by atoms with Crippen molar-refractivity contribution < 1.29 is 14.4 Å². The minimum Gasteiger partial charge on any atom is -0.369 e. The molecule has 3 amide bonds. The molecular formula is C15H26N4O3. The number of primary amides is 1. The molecular weight excluding hydrogens is 284 g/mol. The molecule has 7 heteroatoms. The van der Waals surface area contributed by atoms with Crippen LogP contribution >= 0.6 is 0 Å². The topological polar surface area (TPSA) is 87.0 Å². The fraction of sp³-hybridized carbons (Fsp3) is 0.800. The molecule has 1 atom stereocenters. The average Bonchev–Trinajstić information content (AvgIpc) is 2.70. The van der Waals surface area contributed by atoms with Crippen molar-refractivity contribution in [3.05, 3.63) is 0 Å². The zero-order valence-corrected chi connectivity index (χ0v) is 13.5. The van der Waals surface area contributed by atoms with Crippen LogP contribution in [-0.2, 0) is 14.4 Å². The smallest absolute Gasteiger partial charge is 0.223 e. The molecule has 2 N–H and O–H groups in total. The van der Waals surface area contributed by atoms with Crippen molar-refractivity contribution in [3.8, 4) is 0 Å². The fourth-order valence-corrected chi connectivity index (χ4v) is 3.38. The van der Waals surface area contributed by atoms with Gasteiger partial charge in [-0.1, -0.05) is 0 Å². The standard InChI is InChI=1S/C15H26N4O3/c1-11(20)17-5-3-14(4-6-17)19-8-7-18(12(2)21)9-13(10-19)15(16)22/h13-14H,3-10H2,1-2H3,(H2,16,22)/t13-/m1/s1. The SMILES string of the molecule is CC(=O)N1CCC(N2CCN(C(C)=O)C[C@@H](C(N)=O)C2)CC1. The number of carbonyl (C=O) groups is 3. The fourth-order valence-electron chi connectivity index (χ4n) is 3.38. The van der Waals surface area contributed by atoms with E-state index < -0.39 is 0 Å². The zero-order chi connectivity index (χ0) is 16.3. The Kier molecular flexibility index (Phi) is 5.39. The van der Waals surface area contributed by atoms with Crippen LogP contribution in [0.25, 0.3) is 0 Å². The highest BCUT2D eigenvalue weighted by Crippen LogP contribution is 2.20. The lowest BCUT2D eigenvalue weighted by Gasteiger charge is -2.38. The van der Waals surface area contributed by atoms with E-state index in [2.05, 4.69) is 4.90 Å². The van der Waals surface area contributed by atoms with Gasteiger partial charge in [-0.05, 0) is 12.8 Å². The molecule has 124 valence electrons. The molecule has 0 bridgehead atoms. The molecule has 0 aromatic heterocycles. The third-order valence-corrected chi connectivity index (χ3v) is 4.83. The summed E-state index contributed by atoms with van der Waals surface area (Å²) in [7, 11) is 0. The first-order valence-electron chi connectivity index (χ1n) is 7.93. The van der Waals surface area contributed by atoms with Crippen molar-refractivity contribution in [2.45, 2.75) is 32.7 Å². The highest BCUT2D eigenvalue weighted by Gasteiger charge is 2.32. The van der Waals surface area contributed by atoms with Crippen molar-refractivity contribution in [2.24, 2.45) is 11.7 Å². The molecule has 2 fully saturated rings. The molecule has 0 saturated carbocycles. The predicted octanol–water partition coefficient (Wildman–Crippen LogP) is -0.737. The normalized spacial score (nSPS) is 24.9. The number of nitrogens with zero attached hydrogens (tertiary/aromatic N) is 3. The van der Waals surface area contributed by atoms with Crippen LogP contribution in [0, 0.1) is 5.92 Å². The molecule has 22 heavy (non-hydrogen) atoms. The van der Waals surface area contributed by atoms with Crippen LogP contribution in [0.1, 0.15) is 26.7 Å². The van der Waals surface area contributed by atoms with E-state index in [0.29, 0.717) is 25.7 Å². The van der Waals surface area contributed by atoms with Gasteiger partial charge in [0.15, 0.2) is 0 Å². The number of hydrogen-bond donors (Lipinski definition) is 1. The van der Waals surface area contributed by atoms with E-state index in [1.54, 1.807) is 11.8 Å². The second-order valence-corrected chi connectivity index (χ2v) is 6.30. The van der Waals surface area contributed by atoms with Gasteiger partial charge in [0, 0.05) is 59.2 Å². The van der Waals surface area contributed by atoms with Crippen LogP contribution in [0.2, 0.25) is 0 Å². The molecule has 0 aliphatic carbocycles. The van der Waals surface area contributed by atoms with Crippen LogP contribution in [0.5, 0.6) is 0 Å². The molecule has 2 saturated heterocycles. The Morgan fingerprint density at radius 1 is 0.864 bits per heavy atom.